The predicted molar refractivity (Wildman–Crippen MR) is 102 cm³/mol. The quantitative estimate of drug-likeness (QED) is 0.665. The molecular weight excluding hydrogens is 368 g/mol. The van der Waals surface area contributed by atoms with E-state index in [2.05, 4.69) is 10.3 Å². The molecule has 0 radical (unpaired) electrons. The number of aromatic nitrogens is 1. The number of rotatable bonds is 7. The zero-order chi connectivity index (χ0) is 19.4. The molecule has 2 heterocycles. The van der Waals surface area contributed by atoms with Gasteiger partial charge in [0, 0.05) is 12.1 Å². The van der Waals surface area contributed by atoms with Crippen LogP contribution in [0.1, 0.15) is 21.8 Å². The van der Waals surface area contributed by atoms with Gasteiger partial charge in [0.05, 0.1) is 38.3 Å². The molecule has 0 saturated carbocycles. The van der Waals surface area contributed by atoms with Crippen LogP contribution in [-0.2, 0) is 6.54 Å². The van der Waals surface area contributed by atoms with Crippen molar-refractivity contribution in [3.05, 3.63) is 46.7 Å². The van der Waals surface area contributed by atoms with Gasteiger partial charge in [-0.1, -0.05) is 6.07 Å². The summed E-state index contributed by atoms with van der Waals surface area (Å²) in [4.78, 5) is 17.8. The van der Waals surface area contributed by atoms with Crippen molar-refractivity contribution >= 4 is 17.2 Å². The van der Waals surface area contributed by atoms with E-state index >= 15 is 0 Å². The van der Waals surface area contributed by atoms with E-state index in [9.17, 15) is 4.79 Å². The van der Waals surface area contributed by atoms with E-state index in [-0.39, 0.29) is 18.1 Å². The molecule has 142 valence electrons. The number of ether oxygens (including phenoxy) is 3. The molecule has 0 saturated heterocycles. The second-order valence-corrected chi connectivity index (χ2v) is 6.54. The van der Waals surface area contributed by atoms with Crippen LogP contribution in [0.4, 0.5) is 0 Å². The van der Waals surface area contributed by atoms with Gasteiger partial charge in [-0.3, -0.25) is 4.79 Å². The van der Waals surface area contributed by atoms with Crippen LogP contribution in [0, 0.1) is 6.92 Å². The number of methoxy groups -OCH3 is 3. The number of benzene rings is 1. The summed E-state index contributed by atoms with van der Waals surface area (Å²) in [5.74, 6) is 2.29. The van der Waals surface area contributed by atoms with Crippen molar-refractivity contribution in [3.63, 3.8) is 0 Å². The molecule has 0 atom stereocenters. The molecule has 3 aromatic rings. The molecule has 0 aliphatic carbocycles. The van der Waals surface area contributed by atoms with Gasteiger partial charge in [0.15, 0.2) is 5.69 Å². The lowest BCUT2D eigenvalue weighted by Gasteiger charge is -2.15. The third-order valence-corrected chi connectivity index (χ3v) is 4.84. The molecule has 3 rings (SSSR count). The van der Waals surface area contributed by atoms with Gasteiger partial charge in [-0.25, -0.2) is 4.98 Å². The van der Waals surface area contributed by atoms with E-state index in [4.69, 9.17) is 18.6 Å². The maximum atomic E-state index is 12.6. The van der Waals surface area contributed by atoms with Crippen molar-refractivity contribution in [2.24, 2.45) is 0 Å². The van der Waals surface area contributed by atoms with Gasteiger partial charge in [-0.2, -0.15) is 0 Å². The van der Waals surface area contributed by atoms with Crippen LogP contribution < -0.4 is 19.5 Å². The minimum atomic E-state index is -0.334. The van der Waals surface area contributed by atoms with Crippen LogP contribution in [-0.4, -0.2) is 32.2 Å². The third kappa shape index (κ3) is 3.90. The molecule has 1 aromatic carbocycles. The summed E-state index contributed by atoms with van der Waals surface area (Å²) in [7, 11) is 4.66. The summed E-state index contributed by atoms with van der Waals surface area (Å²) in [5, 5.41) is 4.77. The largest absolute Gasteiger partial charge is 0.496 e. The molecule has 7 nitrogen and oxygen atoms in total. The van der Waals surface area contributed by atoms with Crippen LogP contribution in [0.3, 0.4) is 0 Å². The molecule has 0 fully saturated rings. The fourth-order valence-corrected chi connectivity index (χ4v) is 3.27. The monoisotopic (exact) mass is 388 g/mol. The fourth-order valence-electron chi connectivity index (χ4n) is 2.62. The molecule has 2 aromatic heterocycles. The molecule has 0 aliphatic rings. The van der Waals surface area contributed by atoms with Gasteiger partial charge in [-0.05, 0) is 18.4 Å². The Balaban J connectivity index is 1.80. The SMILES string of the molecule is COc1cc(OC)c(CNC(=O)c2nc(-c3cccs3)oc2C)c(OC)c1. The van der Waals surface area contributed by atoms with Crippen molar-refractivity contribution in [1.82, 2.24) is 10.3 Å². The van der Waals surface area contributed by atoms with E-state index in [1.807, 2.05) is 17.5 Å². The number of oxazole rings is 1. The Labute approximate surface area is 160 Å². The Morgan fingerprint density at radius 3 is 2.44 bits per heavy atom. The first-order chi connectivity index (χ1) is 13.1. The minimum Gasteiger partial charge on any atom is -0.496 e. The molecule has 1 N–H and O–H groups in total. The van der Waals surface area contributed by atoms with E-state index < -0.39 is 0 Å². The maximum absolute atomic E-state index is 12.6. The highest BCUT2D eigenvalue weighted by molar-refractivity contribution is 7.13. The number of nitrogens with zero attached hydrogens (tertiary/aromatic N) is 1. The van der Waals surface area contributed by atoms with E-state index in [1.165, 1.54) is 11.3 Å². The molecule has 8 heteroatoms. The summed E-state index contributed by atoms with van der Waals surface area (Å²) in [6.07, 6.45) is 0. The summed E-state index contributed by atoms with van der Waals surface area (Å²) < 4.78 is 21.7. The van der Waals surface area contributed by atoms with Gasteiger partial charge < -0.3 is 23.9 Å². The number of carbonyl (C=O) groups excluding carboxylic acids is 1. The summed E-state index contributed by atoms with van der Waals surface area (Å²) in [6.45, 7) is 1.92. The average Bonchev–Trinajstić information content (AvgIpc) is 3.34. The van der Waals surface area contributed by atoms with E-state index in [0.717, 1.165) is 4.88 Å². The molecule has 0 bridgehead atoms. The first kappa shape index (κ1) is 18.8. The summed E-state index contributed by atoms with van der Waals surface area (Å²) >= 11 is 1.50. The highest BCUT2D eigenvalue weighted by atomic mass is 32.1. The van der Waals surface area contributed by atoms with Crippen molar-refractivity contribution in [2.75, 3.05) is 21.3 Å². The normalized spacial score (nSPS) is 10.5. The predicted octanol–water partition coefficient (Wildman–Crippen LogP) is 3.67. The fraction of sp³-hybridized carbons (Fsp3) is 0.263. The summed E-state index contributed by atoms with van der Waals surface area (Å²) in [6, 6.07) is 7.27. The van der Waals surface area contributed by atoms with Gasteiger partial charge >= 0.3 is 0 Å². The number of hydrogen-bond acceptors (Lipinski definition) is 7. The van der Waals surface area contributed by atoms with E-state index in [1.54, 1.807) is 40.4 Å². The minimum absolute atomic E-state index is 0.204. The average molecular weight is 388 g/mol. The molecule has 0 spiro atoms. The molecule has 1 amide bonds. The maximum Gasteiger partial charge on any atom is 0.273 e. The Morgan fingerprint density at radius 2 is 1.89 bits per heavy atom. The van der Waals surface area contributed by atoms with Crippen molar-refractivity contribution in [2.45, 2.75) is 13.5 Å². The van der Waals surface area contributed by atoms with E-state index in [0.29, 0.717) is 34.5 Å². The zero-order valence-corrected chi connectivity index (χ0v) is 16.3. The Morgan fingerprint density at radius 1 is 1.19 bits per heavy atom. The second kappa shape index (κ2) is 8.13. The Bertz CT molecular complexity index is 909. The number of hydrogen-bond donors (Lipinski definition) is 1. The lowest BCUT2D eigenvalue weighted by atomic mass is 10.1. The van der Waals surface area contributed by atoms with Crippen LogP contribution >= 0.6 is 11.3 Å². The lowest BCUT2D eigenvalue weighted by Crippen LogP contribution is -2.24. The first-order valence-corrected chi connectivity index (χ1v) is 9.03. The number of amides is 1. The third-order valence-electron chi connectivity index (χ3n) is 3.99. The van der Waals surface area contributed by atoms with Crippen molar-refractivity contribution in [1.29, 1.82) is 0 Å². The topological polar surface area (TPSA) is 82.8 Å². The molecule has 27 heavy (non-hydrogen) atoms. The van der Waals surface area contributed by atoms with Gasteiger partial charge in [-0.15, -0.1) is 11.3 Å². The number of carbonyl (C=O) groups is 1. The molecule has 0 unspecified atom stereocenters. The number of thiophene rings is 1. The van der Waals surface area contributed by atoms with Crippen LogP contribution in [0.5, 0.6) is 17.2 Å². The number of nitrogens with one attached hydrogen (secondary N) is 1. The smallest absolute Gasteiger partial charge is 0.273 e. The van der Waals surface area contributed by atoms with Gasteiger partial charge in [0.1, 0.15) is 23.0 Å². The molecule has 0 aliphatic heterocycles. The standard InChI is InChI=1S/C19H20N2O5S/c1-11-17(21-19(26-11)16-6-5-7-27-16)18(22)20-10-13-14(24-3)8-12(23-2)9-15(13)25-4/h5-9H,10H2,1-4H3,(H,20,22). The second-order valence-electron chi connectivity index (χ2n) is 5.59. The molecular formula is C19H20N2O5S. The van der Waals surface area contributed by atoms with Crippen LogP contribution in [0.2, 0.25) is 0 Å². The van der Waals surface area contributed by atoms with Gasteiger partial charge in [0.2, 0.25) is 5.89 Å². The zero-order valence-electron chi connectivity index (χ0n) is 15.5. The van der Waals surface area contributed by atoms with Crippen LogP contribution in [0.25, 0.3) is 10.8 Å². The van der Waals surface area contributed by atoms with Crippen LogP contribution in [0.15, 0.2) is 34.1 Å². The van der Waals surface area contributed by atoms with Crippen molar-refractivity contribution < 1.29 is 23.4 Å². The first-order valence-electron chi connectivity index (χ1n) is 8.15. The van der Waals surface area contributed by atoms with Crippen molar-refractivity contribution in [3.8, 4) is 28.0 Å². The van der Waals surface area contributed by atoms with Gasteiger partial charge in [0.25, 0.3) is 5.91 Å². The Hall–Kier alpha value is -3.00. The highest BCUT2D eigenvalue weighted by Gasteiger charge is 2.20. The highest BCUT2D eigenvalue weighted by Crippen LogP contribution is 2.34. The lowest BCUT2D eigenvalue weighted by molar-refractivity contribution is 0.0944. The summed E-state index contributed by atoms with van der Waals surface area (Å²) in [5.41, 5.74) is 0.957. The Kier molecular flexibility index (Phi) is 5.66. The number of aryl methyl sites for hydroxylation is 1.